The smallest absolute Gasteiger partial charge is 0.282 e. The third-order valence-corrected chi connectivity index (χ3v) is 2.76. The summed E-state index contributed by atoms with van der Waals surface area (Å²) in [4.78, 5) is 26.5. The number of carbonyl (C=O) groups excluding carboxylic acids is 1. The van der Waals surface area contributed by atoms with E-state index in [1.165, 1.54) is 23.1 Å². The van der Waals surface area contributed by atoms with Crippen LogP contribution in [-0.4, -0.2) is 32.1 Å². The number of hydrogen-bond acceptors (Lipinski definition) is 6. The third kappa shape index (κ3) is 3.14. The zero-order valence-corrected chi connectivity index (χ0v) is 11.5. The number of carbonyl (C=O) groups is 1. The van der Waals surface area contributed by atoms with Gasteiger partial charge in [0.25, 0.3) is 11.6 Å². The highest BCUT2D eigenvalue weighted by Gasteiger charge is 2.21. The summed E-state index contributed by atoms with van der Waals surface area (Å²) in [6.45, 7) is 2.53. The van der Waals surface area contributed by atoms with Gasteiger partial charge < -0.3 is 5.32 Å². The molecule has 0 fully saturated rings. The van der Waals surface area contributed by atoms with Crippen LogP contribution < -0.4 is 10.6 Å². The second-order valence-electron chi connectivity index (χ2n) is 4.18. The van der Waals surface area contributed by atoms with Crippen molar-refractivity contribution in [3.05, 3.63) is 40.2 Å². The molecule has 2 rings (SSSR count). The van der Waals surface area contributed by atoms with Crippen molar-refractivity contribution in [2.24, 2.45) is 7.05 Å². The lowest BCUT2D eigenvalue weighted by atomic mass is 10.1. The highest BCUT2D eigenvalue weighted by Crippen LogP contribution is 2.23. The molecule has 9 heteroatoms. The molecule has 0 aliphatic heterocycles. The second-order valence-corrected chi connectivity index (χ2v) is 4.18. The average molecular weight is 290 g/mol. The van der Waals surface area contributed by atoms with E-state index in [-0.39, 0.29) is 17.2 Å². The minimum atomic E-state index is -0.613. The molecule has 1 amide bonds. The van der Waals surface area contributed by atoms with Crippen molar-refractivity contribution in [1.29, 1.82) is 0 Å². The quantitative estimate of drug-likeness (QED) is 0.635. The summed E-state index contributed by atoms with van der Waals surface area (Å²) in [5.41, 5.74) is 0.323. The summed E-state index contributed by atoms with van der Waals surface area (Å²) in [6, 6.07) is 4.29. The molecule has 21 heavy (non-hydrogen) atoms. The molecule has 0 radical (unpaired) electrons. The van der Waals surface area contributed by atoms with Crippen molar-refractivity contribution in [1.82, 2.24) is 14.8 Å². The van der Waals surface area contributed by atoms with Gasteiger partial charge in [0, 0.05) is 25.3 Å². The first-order valence-corrected chi connectivity index (χ1v) is 6.20. The summed E-state index contributed by atoms with van der Waals surface area (Å²) >= 11 is 0. The van der Waals surface area contributed by atoms with Gasteiger partial charge in [0.2, 0.25) is 5.95 Å². The van der Waals surface area contributed by atoms with Gasteiger partial charge in [-0.1, -0.05) is 0 Å². The summed E-state index contributed by atoms with van der Waals surface area (Å²) in [7, 11) is 1.60. The van der Waals surface area contributed by atoms with Crippen LogP contribution in [0.15, 0.2) is 24.5 Å². The van der Waals surface area contributed by atoms with Crippen molar-refractivity contribution < 1.29 is 9.72 Å². The Morgan fingerprint density at radius 2 is 2.24 bits per heavy atom. The summed E-state index contributed by atoms with van der Waals surface area (Å²) in [6.07, 6.45) is 1.28. The first kappa shape index (κ1) is 14.4. The molecule has 1 aromatic heterocycles. The molecule has 0 bridgehead atoms. The minimum Gasteiger partial charge on any atom is -0.385 e. The van der Waals surface area contributed by atoms with Crippen LogP contribution >= 0.6 is 0 Å². The Labute approximate surface area is 120 Å². The van der Waals surface area contributed by atoms with Gasteiger partial charge in [0.05, 0.1) is 4.92 Å². The number of nitro groups is 1. The van der Waals surface area contributed by atoms with E-state index in [1.807, 2.05) is 6.92 Å². The minimum absolute atomic E-state index is 0.0403. The first-order chi connectivity index (χ1) is 10.0. The van der Waals surface area contributed by atoms with Crippen molar-refractivity contribution in [3.8, 4) is 0 Å². The predicted octanol–water partition coefficient (Wildman–Crippen LogP) is 1.41. The zero-order chi connectivity index (χ0) is 15.4. The summed E-state index contributed by atoms with van der Waals surface area (Å²) in [5, 5.41) is 20.3. The third-order valence-electron chi connectivity index (χ3n) is 2.76. The first-order valence-electron chi connectivity index (χ1n) is 6.20. The highest BCUT2D eigenvalue weighted by molar-refractivity contribution is 6.06. The maximum atomic E-state index is 12.2. The highest BCUT2D eigenvalue weighted by atomic mass is 16.6. The molecule has 0 saturated carbocycles. The SMILES string of the molecule is CCNc1ccc([N+](=O)[O-])c(C(=O)Nc2ncnn2C)c1. The van der Waals surface area contributed by atoms with Crippen molar-refractivity contribution in [2.45, 2.75) is 6.92 Å². The Hall–Kier alpha value is -2.97. The lowest BCUT2D eigenvalue weighted by molar-refractivity contribution is -0.385. The number of aryl methyl sites for hydroxylation is 1. The van der Waals surface area contributed by atoms with Gasteiger partial charge in [-0.25, -0.2) is 4.68 Å². The van der Waals surface area contributed by atoms with Gasteiger partial charge >= 0.3 is 0 Å². The fourth-order valence-corrected chi connectivity index (χ4v) is 1.77. The Morgan fingerprint density at radius 1 is 1.48 bits per heavy atom. The van der Waals surface area contributed by atoms with Gasteiger partial charge in [-0.3, -0.25) is 20.2 Å². The Bertz CT molecular complexity index is 681. The lowest BCUT2D eigenvalue weighted by Gasteiger charge is -2.08. The number of hydrogen-bond donors (Lipinski definition) is 2. The normalized spacial score (nSPS) is 10.2. The summed E-state index contributed by atoms with van der Waals surface area (Å²) < 4.78 is 1.36. The van der Waals surface area contributed by atoms with Gasteiger partial charge in [-0.2, -0.15) is 10.1 Å². The fraction of sp³-hybridized carbons (Fsp3) is 0.250. The zero-order valence-electron chi connectivity index (χ0n) is 11.5. The molecule has 110 valence electrons. The molecule has 0 aliphatic rings. The molecule has 1 heterocycles. The van der Waals surface area contributed by atoms with E-state index < -0.39 is 10.8 Å². The summed E-state index contributed by atoms with van der Waals surface area (Å²) in [5.74, 6) is -0.402. The maximum Gasteiger partial charge on any atom is 0.282 e. The number of nitrogens with one attached hydrogen (secondary N) is 2. The number of amides is 1. The predicted molar refractivity (Wildman–Crippen MR) is 76.2 cm³/mol. The molecule has 0 saturated heterocycles. The molecular weight excluding hydrogens is 276 g/mol. The maximum absolute atomic E-state index is 12.2. The van der Waals surface area contributed by atoms with Crippen LogP contribution in [0.4, 0.5) is 17.3 Å². The molecule has 0 unspecified atom stereocenters. The van der Waals surface area contributed by atoms with Gasteiger partial charge in [-0.05, 0) is 19.1 Å². The molecular formula is C12H14N6O3. The van der Waals surface area contributed by atoms with E-state index in [0.29, 0.717) is 12.2 Å². The number of aromatic nitrogens is 3. The van der Waals surface area contributed by atoms with Gasteiger partial charge in [0.1, 0.15) is 11.9 Å². The van der Waals surface area contributed by atoms with E-state index in [4.69, 9.17) is 0 Å². The Morgan fingerprint density at radius 3 is 2.81 bits per heavy atom. The second kappa shape index (κ2) is 5.99. The van der Waals surface area contributed by atoms with Crippen LogP contribution in [0, 0.1) is 10.1 Å². The van der Waals surface area contributed by atoms with Crippen LogP contribution in [0.25, 0.3) is 0 Å². The molecule has 0 spiro atoms. The van der Waals surface area contributed by atoms with Crippen molar-refractivity contribution >= 4 is 23.2 Å². The number of rotatable bonds is 5. The molecule has 0 atom stereocenters. The molecule has 2 aromatic rings. The van der Waals surface area contributed by atoms with E-state index in [9.17, 15) is 14.9 Å². The molecule has 9 nitrogen and oxygen atoms in total. The van der Waals surface area contributed by atoms with Crippen molar-refractivity contribution in [3.63, 3.8) is 0 Å². The number of benzene rings is 1. The van der Waals surface area contributed by atoms with Crippen molar-refractivity contribution in [2.75, 3.05) is 17.2 Å². The lowest BCUT2D eigenvalue weighted by Crippen LogP contribution is -2.17. The van der Waals surface area contributed by atoms with Gasteiger partial charge in [-0.15, -0.1) is 0 Å². The number of nitrogens with zero attached hydrogens (tertiary/aromatic N) is 4. The Kier molecular flexibility index (Phi) is 4.12. The monoisotopic (exact) mass is 290 g/mol. The van der Waals surface area contributed by atoms with E-state index in [1.54, 1.807) is 13.1 Å². The standard InChI is InChI=1S/C12H14N6O3/c1-3-13-8-4-5-10(18(20)21)9(6-8)11(19)16-12-14-7-15-17(12)2/h4-7,13H,3H2,1-2H3,(H,14,15,16,19). The van der Waals surface area contributed by atoms with Crippen LogP contribution in [0.1, 0.15) is 17.3 Å². The number of anilines is 2. The fourth-order valence-electron chi connectivity index (χ4n) is 1.77. The topological polar surface area (TPSA) is 115 Å². The van der Waals surface area contributed by atoms with Crippen LogP contribution in [0.2, 0.25) is 0 Å². The van der Waals surface area contributed by atoms with Crippen LogP contribution in [0.3, 0.4) is 0 Å². The molecule has 0 aliphatic carbocycles. The van der Waals surface area contributed by atoms with Gasteiger partial charge in [0.15, 0.2) is 0 Å². The van der Waals surface area contributed by atoms with Crippen LogP contribution in [0.5, 0.6) is 0 Å². The molecule has 1 aromatic carbocycles. The molecule has 2 N–H and O–H groups in total. The average Bonchev–Trinajstić information content (AvgIpc) is 2.84. The van der Waals surface area contributed by atoms with E-state index >= 15 is 0 Å². The largest absolute Gasteiger partial charge is 0.385 e. The van der Waals surface area contributed by atoms with Crippen LogP contribution in [-0.2, 0) is 7.05 Å². The van der Waals surface area contributed by atoms with E-state index in [0.717, 1.165) is 0 Å². The number of nitro benzene ring substituents is 1. The van der Waals surface area contributed by atoms with E-state index in [2.05, 4.69) is 20.7 Å². The Balaban J connectivity index is 2.35.